The van der Waals surface area contributed by atoms with Crippen molar-refractivity contribution in [3.05, 3.63) is 11.6 Å². The van der Waals surface area contributed by atoms with Crippen LogP contribution in [0, 0.1) is 29.6 Å². The van der Waals surface area contributed by atoms with Crippen LogP contribution in [-0.4, -0.2) is 41.1 Å². The van der Waals surface area contributed by atoms with E-state index < -0.39 is 6.10 Å². The average Bonchev–Trinajstić information content (AvgIpc) is 2.67. The van der Waals surface area contributed by atoms with Crippen molar-refractivity contribution in [3.8, 4) is 0 Å². The van der Waals surface area contributed by atoms with Crippen molar-refractivity contribution in [1.82, 2.24) is 0 Å². The molecule has 6 heteroatoms. The minimum atomic E-state index is -0.656. The summed E-state index contributed by atoms with van der Waals surface area (Å²) in [6.07, 6.45) is 4.79. The number of carbonyl (C=O) groups excluding carboxylic acids is 3. The largest absolute Gasteiger partial charge is 0.462 e. The van der Waals surface area contributed by atoms with Gasteiger partial charge < -0.3 is 14.6 Å². The van der Waals surface area contributed by atoms with Gasteiger partial charge in [-0.25, -0.2) is 0 Å². The summed E-state index contributed by atoms with van der Waals surface area (Å²) in [5.41, 5.74) is 1.10. The van der Waals surface area contributed by atoms with Crippen LogP contribution in [0.4, 0.5) is 0 Å². The molecule has 2 unspecified atom stereocenters. The fourth-order valence-corrected chi connectivity index (χ4v) is 5.35. The summed E-state index contributed by atoms with van der Waals surface area (Å²) in [7, 11) is 0. The molecule has 0 spiro atoms. The summed E-state index contributed by atoms with van der Waals surface area (Å²) in [4.78, 5) is 36.9. The maximum Gasteiger partial charge on any atom is 0.308 e. The number of carbonyl (C=O) groups is 3. The number of esters is 2. The van der Waals surface area contributed by atoms with Gasteiger partial charge in [0, 0.05) is 18.3 Å². The molecule has 0 aromatic carbocycles. The second kappa shape index (κ2) is 9.63. The smallest absolute Gasteiger partial charge is 0.308 e. The molecular formula is C24H36O6. The van der Waals surface area contributed by atoms with E-state index in [4.69, 9.17) is 9.47 Å². The number of ketones is 1. The van der Waals surface area contributed by atoms with Crippen LogP contribution in [0.3, 0.4) is 0 Å². The Hall–Kier alpha value is -1.69. The van der Waals surface area contributed by atoms with Crippen LogP contribution < -0.4 is 0 Å². The van der Waals surface area contributed by atoms with Gasteiger partial charge in [0.2, 0.25) is 0 Å². The molecule has 0 amide bonds. The summed E-state index contributed by atoms with van der Waals surface area (Å²) in [6.45, 7) is 7.96. The number of aliphatic hydroxyl groups is 1. The van der Waals surface area contributed by atoms with Crippen LogP contribution >= 0.6 is 0 Å². The third kappa shape index (κ3) is 5.13. The standard InChI is InChI=1S/C24H36O6/c1-5-14(3)24(28)30-21-9-13(2)8-16-10-20(26)15(4)19(23(16)21)7-6-18-11-17(25)12-22(27)29-18/h10,13-15,17-19,21,23,25H,5-9,11-12H2,1-4H3/t13?,14-,15+,17+,18?,19-,21-,23-/m0/s1. The highest BCUT2D eigenvalue weighted by atomic mass is 16.5. The van der Waals surface area contributed by atoms with E-state index in [1.54, 1.807) is 6.08 Å². The van der Waals surface area contributed by atoms with Crippen molar-refractivity contribution in [2.45, 2.75) is 91.0 Å². The molecule has 1 N–H and O–H groups in total. The van der Waals surface area contributed by atoms with Gasteiger partial charge in [-0.05, 0) is 50.0 Å². The van der Waals surface area contributed by atoms with E-state index in [1.807, 2.05) is 20.8 Å². The quantitative estimate of drug-likeness (QED) is 0.661. The van der Waals surface area contributed by atoms with Crippen LogP contribution in [0.1, 0.15) is 72.6 Å². The summed E-state index contributed by atoms with van der Waals surface area (Å²) >= 11 is 0. The molecule has 1 aliphatic heterocycles. The van der Waals surface area contributed by atoms with Gasteiger partial charge in [-0.1, -0.05) is 33.3 Å². The second-order valence-electron chi connectivity index (χ2n) is 9.71. The lowest BCUT2D eigenvalue weighted by atomic mass is 9.62. The Bertz CT molecular complexity index is 698. The molecule has 0 aromatic rings. The van der Waals surface area contributed by atoms with Gasteiger partial charge in [-0.2, -0.15) is 0 Å². The minimum Gasteiger partial charge on any atom is -0.462 e. The third-order valence-electron chi connectivity index (χ3n) is 7.27. The normalized spacial score (nSPS) is 37.6. The summed E-state index contributed by atoms with van der Waals surface area (Å²) < 4.78 is 11.4. The van der Waals surface area contributed by atoms with E-state index in [-0.39, 0.29) is 60.0 Å². The van der Waals surface area contributed by atoms with Gasteiger partial charge in [0.15, 0.2) is 5.78 Å². The Labute approximate surface area is 179 Å². The molecule has 1 saturated heterocycles. The van der Waals surface area contributed by atoms with E-state index in [0.29, 0.717) is 25.2 Å². The van der Waals surface area contributed by atoms with Gasteiger partial charge >= 0.3 is 11.9 Å². The minimum absolute atomic E-state index is 0.0334. The van der Waals surface area contributed by atoms with Gasteiger partial charge in [0.1, 0.15) is 12.2 Å². The molecular weight excluding hydrogens is 384 g/mol. The van der Waals surface area contributed by atoms with Gasteiger partial charge in [0.05, 0.1) is 18.4 Å². The fraction of sp³-hybridized carbons (Fsp3) is 0.792. The van der Waals surface area contributed by atoms with Crippen molar-refractivity contribution in [2.24, 2.45) is 29.6 Å². The van der Waals surface area contributed by atoms with Crippen molar-refractivity contribution < 1.29 is 29.0 Å². The maximum absolute atomic E-state index is 12.7. The van der Waals surface area contributed by atoms with Crippen LogP contribution in [0.25, 0.3) is 0 Å². The third-order valence-corrected chi connectivity index (χ3v) is 7.27. The van der Waals surface area contributed by atoms with Crippen LogP contribution in [0.15, 0.2) is 11.6 Å². The number of fused-ring (bicyclic) bond motifs is 1. The van der Waals surface area contributed by atoms with Gasteiger partial charge in [-0.3, -0.25) is 14.4 Å². The number of aliphatic hydroxyl groups excluding tert-OH is 1. The topological polar surface area (TPSA) is 89.9 Å². The predicted octanol–water partition coefficient (Wildman–Crippen LogP) is 3.60. The highest BCUT2D eigenvalue weighted by Gasteiger charge is 2.46. The molecule has 3 aliphatic rings. The molecule has 2 fully saturated rings. The number of allylic oxidation sites excluding steroid dienone is 1. The number of cyclic esters (lactones) is 1. The Morgan fingerprint density at radius 1 is 1.23 bits per heavy atom. The highest BCUT2D eigenvalue weighted by Crippen LogP contribution is 2.47. The summed E-state index contributed by atoms with van der Waals surface area (Å²) in [5.74, 6) is -0.266. The van der Waals surface area contributed by atoms with Crippen LogP contribution in [-0.2, 0) is 23.9 Å². The Morgan fingerprint density at radius 3 is 2.63 bits per heavy atom. The maximum atomic E-state index is 12.7. The molecule has 168 valence electrons. The number of hydrogen-bond acceptors (Lipinski definition) is 6. The molecule has 6 nitrogen and oxygen atoms in total. The van der Waals surface area contributed by atoms with E-state index in [1.165, 1.54) is 0 Å². The fourth-order valence-electron chi connectivity index (χ4n) is 5.35. The van der Waals surface area contributed by atoms with Crippen molar-refractivity contribution in [2.75, 3.05) is 0 Å². The van der Waals surface area contributed by atoms with Crippen molar-refractivity contribution >= 4 is 17.7 Å². The molecule has 0 aromatic heterocycles. The average molecular weight is 421 g/mol. The summed E-state index contributed by atoms with van der Waals surface area (Å²) in [6, 6.07) is 0. The summed E-state index contributed by atoms with van der Waals surface area (Å²) in [5, 5.41) is 9.89. The molecule has 1 heterocycles. The van der Waals surface area contributed by atoms with E-state index in [2.05, 4.69) is 6.92 Å². The number of rotatable bonds is 6. The first kappa shape index (κ1) is 23.0. The Morgan fingerprint density at radius 2 is 1.97 bits per heavy atom. The first-order chi connectivity index (χ1) is 14.2. The zero-order chi connectivity index (χ0) is 22.0. The Kier molecular flexibility index (Phi) is 7.38. The van der Waals surface area contributed by atoms with Gasteiger partial charge in [-0.15, -0.1) is 0 Å². The molecule has 2 aliphatic carbocycles. The lowest BCUT2D eigenvalue weighted by Gasteiger charge is -2.45. The number of ether oxygens (including phenoxy) is 2. The molecule has 3 rings (SSSR count). The molecule has 0 radical (unpaired) electrons. The zero-order valence-electron chi connectivity index (χ0n) is 18.6. The van der Waals surface area contributed by atoms with Crippen LogP contribution in [0.2, 0.25) is 0 Å². The SMILES string of the molecule is CC[C@H](C)C(=O)O[C@H]1CC(C)CC2=CC(=O)[C@H](C)[C@H](CCC3C[C@@H](O)CC(=O)O3)[C@H]21. The monoisotopic (exact) mass is 420 g/mol. The van der Waals surface area contributed by atoms with E-state index in [0.717, 1.165) is 24.8 Å². The lowest BCUT2D eigenvalue weighted by molar-refractivity contribution is -0.163. The first-order valence-corrected chi connectivity index (χ1v) is 11.5. The molecule has 8 atom stereocenters. The highest BCUT2D eigenvalue weighted by molar-refractivity contribution is 5.93. The Balaban J connectivity index is 1.78. The lowest BCUT2D eigenvalue weighted by Crippen LogP contribution is -2.45. The van der Waals surface area contributed by atoms with E-state index >= 15 is 0 Å². The van der Waals surface area contributed by atoms with Crippen molar-refractivity contribution in [1.29, 1.82) is 0 Å². The van der Waals surface area contributed by atoms with Crippen molar-refractivity contribution in [3.63, 3.8) is 0 Å². The number of hydrogen-bond donors (Lipinski definition) is 1. The van der Waals surface area contributed by atoms with Crippen LogP contribution in [0.5, 0.6) is 0 Å². The first-order valence-electron chi connectivity index (χ1n) is 11.5. The second-order valence-corrected chi connectivity index (χ2v) is 9.71. The van der Waals surface area contributed by atoms with Gasteiger partial charge in [0.25, 0.3) is 0 Å². The van der Waals surface area contributed by atoms with E-state index in [9.17, 15) is 19.5 Å². The molecule has 0 bridgehead atoms. The molecule has 1 saturated carbocycles. The molecule has 30 heavy (non-hydrogen) atoms. The zero-order valence-corrected chi connectivity index (χ0v) is 18.6. The predicted molar refractivity (Wildman–Crippen MR) is 111 cm³/mol.